The molecule has 2 aromatic carbocycles. The second kappa shape index (κ2) is 7.76. The number of nitrogens with one attached hydrogen (secondary N) is 1. The topological polar surface area (TPSA) is 81.4 Å². The SMILES string of the molecule is CCC(OC(=O)c1ccc2ncoc2c1)C(=O)Nc1cc(Cl)cc(Cl)c1. The van der Waals surface area contributed by atoms with Crippen LogP contribution in [0.15, 0.2) is 47.2 Å². The van der Waals surface area contributed by atoms with Crippen molar-refractivity contribution in [2.75, 3.05) is 5.32 Å². The molecule has 0 aliphatic carbocycles. The Morgan fingerprint density at radius 2 is 1.92 bits per heavy atom. The van der Waals surface area contributed by atoms with Gasteiger partial charge in [0, 0.05) is 15.7 Å². The van der Waals surface area contributed by atoms with Crippen LogP contribution in [0.2, 0.25) is 10.0 Å². The minimum Gasteiger partial charge on any atom is -0.449 e. The maximum Gasteiger partial charge on any atom is 0.339 e. The second-order valence-electron chi connectivity index (χ2n) is 5.48. The Morgan fingerprint density at radius 1 is 1.19 bits per heavy atom. The highest BCUT2D eigenvalue weighted by molar-refractivity contribution is 6.35. The van der Waals surface area contributed by atoms with Crippen LogP contribution in [0.4, 0.5) is 5.69 Å². The lowest BCUT2D eigenvalue weighted by atomic mass is 10.2. The van der Waals surface area contributed by atoms with Crippen LogP contribution in [0.5, 0.6) is 0 Å². The fraction of sp³-hybridized carbons (Fsp3) is 0.167. The number of rotatable bonds is 5. The molecule has 0 radical (unpaired) electrons. The zero-order valence-corrected chi connectivity index (χ0v) is 15.2. The van der Waals surface area contributed by atoms with Gasteiger partial charge >= 0.3 is 5.97 Å². The summed E-state index contributed by atoms with van der Waals surface area (Å²) in [4.78, 5) is 28.7. The van der Waals surface area contributed by atoms with Crippen molar-refractivity contribution in [2.24, 2.45) is 0 Å². The van der Waals surface area contributed by atoms with Gasteiger partial charge in [-0.3, -0.25) is 4.79 Å². The van der Waals surface area contributed by atoms with E-state index >= 15 is 0 Å². The number of aromatic nitrogens is 1. The van der Waals surface area contributed by atoms with Gasteiger partial charge < -0.3 is 14.5 Å². The number of benzene rings is 2. The molecule has 3 rings (SSSR count). The van der Waals surface area contributed by atoms with E-state index in [4.69, 9.17) is 32.4 Å². The molecule has 1 N–H and O–H groups in total. The predicted molar refractivity (Wildman–Crippen MR) is 98.6 cm³/mol. The lowest BCUT2D eigenvalue weighted by Crippen LogP contribution is -2.32. The standard InChI is InChI=1S/C18H14Cl2N2O4/c1-2-15(17(23)22-13-7-11(19)6-12(20)8-13)26-18(24)10-3-4-14-16(5-10)25-9-21-14/h3-9,15H,2H2,1H3,(H,22,23). The maximum absolute atomic E-state index is 12.4. The van der Waals surface area contributed by atoms with Gasteiger partial charge in [0.1, 0.15) is 5.52 Å². The molecule has 1 atom stereocenters. The monoisotopic (exact) mass is 392 g/mol. The van der Waals surface area contributed by atoms with Crippen LogP contribution in [-0.2, 0) is 9.53 Å². The average molecular weight is 393 g/mol. The summed E-state index contributed by atoms with van der Waals surface area (Å²) in [6.45, 7) is 1.74. The summed E-state index contributed by atoms with van der Waals surface area (Å²) in [5.41, 5.74) is 1.78. The van der Waals surface area contributed by atoms with Crippen LogP contribution in [-0.4, -0.2) is 23.0 Å². The Balaban J connectivity index is 1.71. The summed E-state index contributed by atoms with van der Waals surface area (Å²) < 4.78 is 10.5. The molecule has 3 aromatic rings. The van der Waals surface area contributed by atoms with E-state index in [1.807, 2.05) is 0 Å². The highest BCUT2D eigenvalue weighted by atomic mass is 35.5. The van der Waals surface area contributed by atoms with Crippen molar-refractivity contribution in [1.29, 1.82) is 0 Å². The molecule has 134 valence electrons. The maximum atomic E-state index is 12.4. The normalized spacial score (nSPS) is 12.0. The van der Waals surface area contributed by atoms with Crippen LogP contribution in [0, 0.1) is 0 Å². The summed E-state index contributed by atoms with van der Waals surface area (Å²) in [6.07, 6.45) is 0.625. The highest BCUT2D eigenvalue weighted by Gasteiger charge is 2.22. The number of amides is 1. The van der Waals surface area contributed by atoms with Gasteiger partial charge in [0.15, 0.2) is 18.1 Å². The van der Waals surface area contributed by atoms with E-state index in [9.17, 15) is 9.59 Å². The van der Waals surface area contributed by atoms with Crippen molar-refractivity contribution in [3.8, 4) is 0 Å². The first-order chi connectivity index (χ1) is 12.5. The number of ether oxygens (including phenoxy) is 1. The molecule has 0 saturated heterocycles. The molecule has 0 aliphatic heterocycles. The van der Waals surface area contributed by atoms with Gasteiger partial charge in [-0.15, -0.1) is 0 Å². The van der Waals surface area contributed by atoms with E-state index in [0.717, 1.165) is 0 Å². The zero-order valence-electron chi connectivity index (χ0n) is 13.7. The zero-order chi connectivity index (χ0) is 18.7. The summed E-state index contributed by atoms with van der Waals surface area (Å²) in [7, 11) is 0. The van der Waals surface area contributed by atoms with Gasteiger partial charge in [-0.05, 0) is 42.8 Å². The van der Waals surface area contributed by atoms with Crippen molar-refractivity contribution >= 4 is 51.9 Å². The van der Waals surface area contributed by atoms with Crippen molar-refractivity contribution < 1.29 is 18.7 Å². The molecular weight excluding hydrogens is 379 g/mol. The third-order valence-electron chi connectivity index (χ3n) is 3.61. The van der Waals surface area contributed by atoms with Crippen LogP contribution in [0.3, 0.4) is 0 Å². The molecule has 1 unspecified atom stereocenters. The third kappa shape index (κ3) is 4.15. The summed E-state index contributed by atoms with van der Waals surface area (Å²) in [6, 6.07) is 9.39. The number of oxazole rings is 1. The van der Waals surface area contributed by atoms with Crippen molar-refractivity contribution in [1.82, 2.24) is 4.98 Å². The third-order valence-corrected chi connectivity index (χ3v) is 4.05. The van der Waals surface area contributed by atoms with Crippen LogP contribution >= 0.6 is 23.2 Å². The number of anilines is 1. The Morgan fingerprint density at radius 3 is 2.62 bits per heavy atom. The molecular formula is C18H14Cl2N2O4. The second-order valence-corrected chi connectivity index (χ2v) is 6.36. The van der Waals surface area contributed by atoms with Crippen LogP contribution in [0.25, 0.3) is 11.1 Å². The van der Waals surface area contributed by atoms with Gasteiger partial charge in [0.25, 0.3) is 5.91 Å². The minimum atomic E-state index is -0.967. The Labute approximate surface area is 159 Å². The molecule has 0 bridgehead atoms. The first-order valence-corrected chi connectivity index (χ1v) is 8.53. The van der Waals surface area contributed by atoms with E-state index < -0.39 is 18.0 Å². The number of hydrogen-bond donors (Lipinski definition) is 1. The smallest absolute Gasteiger partial charge is 0.339 e. The largest absolute Gasteiger partial charge is 0.449 e. The van der Waals surface area contributed by atoms with E-state index in [-0.39, 0.29) is 5.56 Å². The molecule has 1 amide bonds. The molecule has 26 heavy (non-hydrogen) atoms. The number of nitrogens with zero attached hydrogens (tertiary/aromatic N) is 1. The molecule has 1 heterocycles. The van der Waals surface area contributed by atoms with Gasteiger partial charge in [0.05, 0.1) is 5.56 Å². The average Bonchev–Trinajstić information content (AvgIpc) is 3.06. The van der Waals surface area contributed by atoms with E-state index in [0.29, 0.717) is 33.3 Å². The molecule has 1 aromatic heterocycles. The first kappa shape index (κ1) is 18.2. The fourth-order valence-corrected chi connectivity index (χ4v) is 2.88. The van der Waals surface area contributed by atoms with Gasteiger partial charge in [-0.1, -0.05) is 30.1 Å². The van der Waals surface area contributed by atoms with Crippen molar-refractivity contribution in [3.05, 3.63) is 58.4 Å². The van der Waals surface area contributed by atoms with E-state index in [2.05, 4.69) is 10.3 Å². The Hall–Kier alpha value is -2.57. The first-order valence-electron chi connectivity index (χ1n) is 7.77. The quantitative estimate of drug-likeness (QED) is 0.635. The van der Waals surface area contributed by atoms with Gasteiger partial charge in [-0.2, -0.15) is 0 Å². The van der Waals surface area contributed by atoms with Crippen molar-refractivity contribution in [2.45, 2.75) is 19.4 Å². The molecule has 6 nitrogen and oxygen atoms in total. The number of esters is 1. The summed E-state index contributed by atoms with van der Waals surface area (Å²) in [5, 5.41) is 3.42. The molecule has 0 aliphatic rings. The predicted octanol–water partition coefficient (Wildman–Crippen LogP) is 4.71. The number of halogens is 2. The molecule has 0 fully saturated rings. The molecule has 0 spiro atoms. The number of fused-ring (bicyclic) bond motifs is 1. The summed E-state index contributed by atoms with van der Waals surface area (Å²) in [5.74, 6) is -1.10. The number of carbonyl (C=O) groups excluding carboxylic acids is 2. The fourth-order valence-electron chi connectivity index (χ4n) is 2.35. The van der Waals surface area contributed by atoms with Gasteiger partial charge in [0.2, 0.25) is 0 Å². The lowest BCUT2D eigenvalue weighted by molar-refractivity contribution is -0.124. The molecule has 8 heteroatoms. The van der Waals surface area contributed by atoms with E-state index in [1.54, 1.807) is 37.3 Å². The summed E-state index contributed by atoms with van der Waals surface area (Å²) >= 11 is 11.8. The number of hydrogen-bond acceptors (Lipinski definition) is 5. The van der Waals surface area contributed by atoms with Crippen LogP contribution in [0.1, 0.15) is 23.7 Å². The Bertz CT molecular complexity index is 950. The van der Waals surface area contributed by atoms with Crippen molar-refractivity contribution in [3.63, 3.8) is 0 Å². The lowest BCUT2D eigenvalue weighted by Gasteiger charge is -2.16. The number of carbonyl (C=O) groups is 2. The molecule has 0 saturated carbocycles. The Kier molecular flexibility index (Phi) is 5.44. The van der Waals surface area contributed by atoms with Gasteiger partial charge in [-0.25, -0.2) is 9.78 Å². The van der Waals surface area contributed by atoms with Crippen LogP contribution < -0.4 is 5.32 Å². The van der Waals surface area contributed by atoms with E-state index in [1.165, 1.54) is 12.5 Å². The minimum absolute atomic E-state index is 0.270. The highest BCUT2D eigenvalue weighted by Crippen LogP contribution is 2.23.